The van der Waals surface area contributed by atoms with E-state index in [1.807, 2.05) is 61.7 Å². The summed E-state index contributed by atoms with van der Waals surface area (Å²) in [7, 11) is 0. The van der Waals surface area contributed by atoms with Crippen LogP contribution in [0.1, 0.15) is 52.0 Å². The average Bonchev–Trinajstić information content (AvgIpc) is 3.18. The second-order valence-corrected chi connectivity index (χ2v) is 8.83. The summed E-state index contributed by atoms with van der Waals surface area (Å²) >= 11 is 1.34. The van der Waals surface area contributed by atoms with Gasteiger partial charge in [0.05, 0.1) is 11.8 Å². The van der Waals surface area contributed by atoms with Crippen LogP contribution < -0.4 is 5.32 Å². The standard InChI is InChI=1S/C25H28N4O2S/c1-5-14-29-23(22(17(2)3)26-24(31)20-13-9-10-18(4)15-20)27-28-25(29)32-16-21(30)19-11-7-6-8-12-19/h5-13,15,17,22H,1,14,16H2,2-4H3,(H,26,31)/t22-/m0/s1. The van der Waals surface area contributed by atoms with E-state index in [2.05, 4.69) is 22.1 Å². The maximum absolute atomic E-state index is 12.9. The molecular weight excluding hydrogens is 420 g/mol. The van der Waals surface area contributed by atoms with E-state index >= 15 is 0 Å². The smallest absolute Gasteiger partial charge is 0.251 e. The van der Waals surface area contributed by atoms with Crippen molar-refractivity contribution in [2.45, 2.75) is 38.5 Å². The van der Waals surface area contributed by atoms with Crippen LogP contribution in [0.5, 0.6) is 0 Å². The minimum atomic E-state index is -0.338. The number of nitrogens with zero attached hydrogens (tertiary/aromatic N) is 3. The fourth-order valence-electron chi connectivity index (χ4n) is 3.32. The molecule has 1 N–H and O–H groups in total. The first-order chi connectivity index (χ1) is 15.4. The Bertz CT molecular complexity index is 1090. The maximum Gasteiger partial charge on any atom is 0.251 e. The first-order valence-corrected chi connectivity index (χ1v) is 11.5. The van der Waals surface area contributed by atoms with Crippen molar-refractivity contribution >= 4 is 23.5 Å². The van der Waals surface area contributed by atoms with Gasteiger partial charge in [-0.05, 0) is 25.0 Å². The van der Waals surface area contributed by atoms with Crippen LogP contribution in [0.4, 0.5) is 0 Å². The third-order valence-electron chi connectivity index (χ3n) is 5.00. The van der Waals surface area contributed by atoms with E-state index in [-0.39, 0.29) is 29.4 Å². The van der Waals surface area contributed by atoms with Gasteiger partial charge in [-0.2, -0.15) is 0 Å². The van der Waals surface area contributed by atoms with Gasteiger partial charge >= 0.3 is 0 Å². The van der Waals surface area contributed by atoms with Gasteiger partial charge in [-0.3, -0.25) is 9.59 Å². The van der Waals surface area contributed by atoms with Gasteiger partial charge in [0.2, 0.25) is 0 Å². The Kier molecular flexibility index (Phi) is 8.00. The number of nitrogens with one attached hydrogen (secondary N) is 1. The molecule has 0 radical (unpaired) electrons. The van der Waals surface area contributed by atoms with Gasteiger partial charge in [-0.25, -0.2) is 0 Å². The lowest BCUT2D eigenvalue weighted by Crippen LogP contribution is -2.34. The molecule has 1 amide bonds. The van der Waals surface area contributed by atoms with Crippen molar-refractivity contribution in [3.63, 3.8) is 0 Å². The molecule has 0 saturated carbocycles. The van der Waals surface area contributed by atoms with Crippen LogP contribution >= 0.6 is 11.8 Å². The fraction of sp³-hybridized carbons (Fsp3) is 0.280. The SMILES string of the molecule is C=CCn1c(SCC(=O)c2ccccc2)nnc1[C@@H](NC(=O)c1cccc(C)c1)C(C)C. The molecule has 0 aliphatic rings. The number of benzene rings is 2. The Hall–Kier alpha value is -3.19. The highest BCUT2D eigenvalue weighted by molar-refractivity contribution is 7.99. The van der Waals surface area contributed by atoms with Gasteiger partial charge in [-0.15, -0.1) is 16.8 Å². The molecule has 1 atom stereocenters. The Morgan fingerprint density at radius 2 is 1.81 bits per heavy atom. The van der Waals surface area contributed by atoms with E-state index < -0.39 is 0 Å². The topological polar surface area (TPSA) is 76.9 Å². The highest BCUT2D eigenvalue weighted by Crippen LogP contribution is 2.26. The van der Waals surface area contributed by atoms with Crippen LogP contribution in [-0.2, 0) is 6.54 Å². The van der Waals surface area contributed by atoms with Gasteiger partial charge < -0.3 is 9.88 Å². The lowest BCUT2D eigenvalue weighted by molar-refractivity contribution is 0.0921. The third-order valence-corrected chi connectivity index (χ3v) is 5.96. The Morgan fingerprint density at radius 1 is 1.09 bits per heavy atom. The quantitative estimate of drug-likeness (QED) is 0.272. The molecule has 0 aliphatic carbocycles. The number of rotatable bonds is 10. The summed E-state index contributed by atoms with van der Waals surface area (Å²) in [5.41, 5.74) is 2.30. The largest absolute Gasteiger partial charge is 0.342 e. The molecule has 0 bridgehead atoms. The summed E-state index contributed by atoms with van der Waals surface area (Å²) in [4.78, 5) is 25.4. The number of carbonyl (C=O) groups excluding carboxylic acids is 2. The van der Waals surface area contributed by atoms with Gasteiger partial charge in [0, 0.05) is 17.7 Å². The monoisotopic (exact) mass is 448 g/mol. The molecule has 1 heterocycles. The number of hydrogen-bond donors (Lipinski definition) is 1. The van der Waals surface area contributed by atoms with Gasteiger partial charge in [0.15, 0.2) is 16.8 Å². The summed E-state index contributed by atoms with van der Waals surface area (Å²) in [5, 5.41) is 12.4. The minimum absolute atomic E-state index is 0.0264. The van der Waals surface area contributed by atoms with Crippen LogP contribution in [0.3, 0.4) is 0 Å². The molecule has 6 nitrogen and oxygen atoms in total. The van der Waals surface area contributed by atoms with E-state index in [0.29, 0.717) is 28.7 Å². The number of aromatic nitrogens is 3. The molecule has 0 fully saturated rings. The molecule has 7 heteroatoms. The number of aryl methyl sites for hydroxylation is 1. The number of Topliss-reactive ketones (excluding diaryl/α,β-unsaturated/α-hetero) is 1. The first-order valence-electron chi connectivity index (χ1n) is 10.5. The lowest BCUT2D eigenvalue weighted by Gasteiger charge is -2.22. The number of carbonyl (C=O) groups is 2. The highest BCUT2D eigenvalue weighted by Gasteiger charge is 2.26. The predicted octanol–water partition coefficient (Wildman–Crippen LogP) is 4.87. The number of thioether (sulfide) groups is 1. The Labute approximate surface area is 193 Å². The van der Waals surface area contributed by atoms with Gasteiger partial charge in [0.25, 0.3) is 5.91 Å². The highest BCUT2D eigenvalue weighted by atomic mass is 32.2. The predicted molar refractivity (Wildman–Crippen MR) is 128 cm³/mol. The number of ketones is 1. The third kappa shape index (κ3) is 5.73. The normalized spacial score (nSPS) is 11.9. The Balaban J connectivity index is 1.81. The zero-order valence-corrected chi connectivity index (χ0v) is 19.4. The molecule has 3 aromatic rings. The summed E-state index contributed by atoms with van der Waals surface area (Å²) < 4.78 is 1.91. The van der Waals surface area contributed by atoms with Crippen LogP contribution in [0, 0.1) is 12.8 Å². The minimum Gasteiger partial charge on any atom is -0.342 e. The van der Waals surface area contributed by atoms with Crippen molar-refractivity contribution < 1.29 is 9.59 Å². The second kappa shape index (κ2) is 10.9. The van der Waals surface area contributed by atoms with Crippen molar-refractivity contribution in [1.82, 2.24) is 20.1 Å². The van der Waals surface area contributed by atoms with E-state index in [9.17, 15) is 9.59 Å². The van der Waals surface area contributed by atoms with Crippen LogP contribution in [-0.4, -0.2) is 32.2 Å². The van der Waals surface area contributed by atoms with Crippen molar-refractivity contribution in [2.75, 3.05) is 5.75 Å². The summed E-state index contributed by atoms with van der Waals surface area (Å²) in [6.45, 7) is 10.3. The number of hydrogen-bond acceptors (Lipinski definition) is 5. The average molecular weight is 449 g/mol. The van der Waals surface area contributed by atoms with Crippen LogP contribution in [0.15, 0.2) is 72.4 Å². The lowest BCUT2D eigenvalue weighted by atomic mass is 10.0. The van der Waals surface area contributed by atoms with E-state index in [1.165, 1.54) is 11.8 Å². The first kappa shape index (κ1) is 23.5. The Morgan fingerprint density at radius 3 is 2.47 bits per heavy atom. The molecule has 32 heavy (non-hydrogen) atoms. The molecule has 0 saturated heterocycles. The zero-order chi connectivity index (χ0) is 23.1. The maximum atomic E-state index is 12.9. The summed E-state index contributed by atoms with van der Waals surface area (Å²) in [5.74, 6) is 0.852. The van der Waals surface area contributed by atoms with Crippen LogP contribution in [0.2, 0.25) is 0 Å². The summed E-state index contributed by atoms with van der Waals surface area (Å²) in [6.07, 6.45) is 1.76. The molecule has 3 rings (SSSR count). The molecular formula is C25H28N4O2S. The van der Waals surface area contributed by atoms with E-state index in [1.54, 1.807) is 24.3 Å². The van der Waals surface area contributed by atoms with E-state index in [0.717, 1.165) is 5.56 Å². The van der Waals surface area contributed by atoms with Crippen molar-refractivity contribution in [2.24, 2.45) is 5.92 Å². The van der Waals surface area contributed by atoms with E-state index in [4.69, 9.17) is 0 Å². The van der Waals surface area contributed by atoms with Crippen LogP contribution in [0.25, 0.3) is 0 Å². The molecule has 0 aliphatic heterocycles. The molecule has 166 valence electrons. The van der Waals surface area contributed by atoms with Crippen molar-refractivity contribution in [3.8, 4) is 0 Å². The van der Waals surface area contributed by atoms with Gasteiger partial charge in [-0.1, -0.05) is 79.7 Å². The zero-order valence-electron chi connectivity index (χ0n) is 18.6. The molecule has 1 aromatic heterocycles. The summed E-state index contributed by atoms with van der Waals surface area (Å²) in [6, 6.07) is 16.3. The van der Waals surface area contributed by atoms with Crippen molar-refractivity contribution in [1.29, 1.82) is 0 Å². The number of allylic oxidation sites excluding steroid dienone is 1. The molecule has 2 aromatic carbocycles. The molecule has 0 spiro atoms. The number of amides is 1. The van der Waals surface area contributed by atoms with Crippen molar-refractivity contribution in [3.05, 3.63) is 89.8 Å². The fourth-order valence-corrected chi connectivity index (χ4v) is 4.16. The van der Waals surface area contributed by atoms with Gasteiger partial charge in [0.1, 0.15) is 0 Å². The molecule has 0 unspecified atom stereocenters. The second-order valence-electron chi connectivity index (χ2n) is 7.88.